The van der Waals surface area contributed by atoms with Gasteiger partial charge in [-0.25, -0.2) is 0 Å². The average Bonchev–Trinajstić information content (AvgIpc) is 3.42. The van der Waals surface area contributed by atoms with Crippen LogP contribution in [-0.4, -0.2) is 53.1 Å². The molecular formula is C20H21N3O5. The third-order valence-corrected chi connectivity index (χ3v) is 5.52. The standard InChI is InChI=1S/C20H21N3O5/c1-12-3-4-15-14(11-12)13(2)16(27-15)17-21-22-18(28-17)19(24)23-7-5-20(6-8-23)25-9-10-26-20/h3-4,11H,5-10H2,1-2H3. The van der Waals surface area contributed by atoms with Crippen molar-refractivity contribution in [2.45, 2.75) is 32.5 Å². The molecule has 2 fully saturated rings. The van der Waals surface area contributed by atoms with E-state index in [-0.39, 0.29) is 17.7 Å². The smallest absolute Gasteiger partial charge is 0.311 e. The van der Waals surface area contributed by atoms with Gasteiger partial charge in [-0.3, -0.25) is 4.79 Å². The summed E-state index contributed by atoms with van der Waals surface area (Å²) in [7, 11) is 0. The van der Waals surface area contributed by atoms with E-state index in [0.717, 1.165) is 22.1 Å². The van der Waals surface area contributed by atoms with Crippen LogP contribution in [0.4, 0.5) is 0 Å². The first kappa shape index (κ1) is 17.4. The maximum Gasteiger partial charge on any atom is 0.311 e. The minimum atomic E-state index is -0.527. The number of carbonyl (C=O) groups is 1. The Morgan fingerprint density at radius 1 is 1.07 bits per heavy atom. The highest BCUT2D eigenvalue weighted by atomic mass is 16.7. The Morgan fingerprint density at radius 2 is 1.82 bits per heavy atom. The van der Waals surface area contributed by atoms with E-state index in [1.54, 1.807) is 4.90 Å². The van der Waals surface area contributed by atoms with Crippen molar-refractivity contribution in [3.63, 3.8) is 0 Å². The number of amides is 1. The largest absolute Gasteiger partial charge is 0.451 e. The van der Waals surface area contributed by atoms with Gasteiger partial charge in [0.2, 0.25) is 0 Å². The predicted molar refractivity (Wildman–Crippen MR) is 98.8 cm³/mol. The molecule has 4 heterocycles. The highest BCUT2D eigenvalue weighted by Gasteiger charge is 2.41. The Bertz CT molecular complexity index is 1040. The van der Waals surface area contributed by atoms with Crippen molar-refractivity contribution in [2.75, 3.05) is 26.3 Å². The van der Waals surface area contributed by atoms with Crippen LogP contribution in [0.2, 0.25) is 0 Å². The second kappa shape index (κ2) is 6.42. The Morgan fingerprint density at radius 3 is 2.57 bits per heavy atom. The van der Waals surface area contributed by atoms with Gasteiger partial charge in [-0.05, 0) is 26.0 Å². The molecule has 28 heavy (non-hydrogen) atoms. The van der Waals surface area contributed by atoms with Gasteiger partial charge in [0.15, 0.2) is 11.5 Å². The quantitative estimate of drug-likeness (QED) is 0.671. The number of hydrogen-bond donors (Lipinski definition) is 0. The number of likely N-dealkylation sites (tertiary alicyclic amines) is 1. The molecular weight excluding hydrogens is 362 g/mol. The van der Waals surface area contributed by atoms with Gasteiger partial charge in [-0.2, -0.15) is 0 Å². The summed E-state index contributed by atoms with van der Waals surface area (Å²) in [5.41, 5.74) is 2.81. The van der Waals surface area contributed by atoms with Crippen LogP contribution in [0.3, 0.4) is 0 Å². The summed E-state index contributed by atoms with van der Waals surface area (Å²) in [6, 6.07) is 5.95. The molecule has 0 radical (unpaired) electrons. The van der Waals surface area contributed by atoms with Gasteiger partial charge >= 0.3 is 11.8 Å². The zero-order valence-electron chi connectivity index (χ0n) is 15.9. The van der Waals surface area contributed by atoms with Gasteiger partial charge in [0.25, 0.3) is 5.89 Å². The van der Waals surface area contributed by atoms with Crippen LogP contribution < -0.4 is 0 Å². The van der Waals surface area contributed by atoms with Gasteiger partial charge in [-0.15, -0.1) is 10.2 Å². The first-order valence-electron chi connectivity index (χ1n) is 9.45. The summed E-state index contributed by atoms with van der Waals surface area (Å²) in [6.07, 6.45) is 1.28. The molecule has 8 heteroatoms. The van der Waals surface area contributed by atoms with Crippen molar-refractivity contribution in [1.29, 1.82) is 0 Å². The van der Waals surface area contributed by atoms with E-state index in [2.05, 4.69) is 16.3 Å². The lowest BCUT2D eigenvalue weighted by Gasteiger charge is -2.36. The van der Waals surface area contributed by atoms with Crippen LogP contribution in [0, 0.1) is 13.8 Å². The number of hydrogen-bond acceptors (Lipinski definition) is 7. The van der Waals surface area contributed by atoms with Gasteiger partial charge in [0.1, 0.15) is 5.58 Å². The van der Waals surface area contributed by atoms with Crippen LogP contribution in [0.5, 0.6) is 0 Å². The van der Waals surface area contributed by atoms with E-state index in [9.17, 15) is 4.79 Å². The summed E-state index contributed by atoms with van der Waals surface area (Å²) >= 11 is 0. The van der Waals surface area contributed by atoms with E-state index in [0.29, 0.717) is 44.9 Å². The molecule has 5 rings (SSSR count). The number of benzene rings is 1. The number of carbonyl (C=O) groups excluding carboxylic acids is 1. The van der Waals surface area contributed by atoms with Crippen molar-refractivity contribution in [3.05, 3.63) is 35.2 Å². The first-order valence-corrected chi connectivity index (χ1v) is 9.45. The summed E-state index contributed by atoms with van der Waals surface area (Å²) in [4.78, 5) is 14.5. The summed E-state index contributed by atoms with van der Waals surface area (Å²) < 4.78 is 23.0. The first-order chi connectivity index (χ1) is 13.5. The van der Waals surface area contributed by atoms with Gasteiger partial charge in [0, 0.05) is 36.9 Å². The third-order valence-electron chi connectivity index (χ3n) is 5.52. The van der Waals surface area contributed by atoms with E-state index >= 15 is 0 Å². The number of aromatic nitrogens is 2. The normalized spacial score (nSPS) is 19.0. The molecule has 1 aromatic carbocycles. The molecule has 8 nitrogen and oxygen atoms in total. The number of fused-ring (bicyclic) bond motifs is 1. The Kier molecular flexibility index (Phi) is 3.99. The van der Waals surface area contributed by atoms with Crippen LogP contribution in [-0.2, 0) is 9.47 Å². The Labute approximate surface area is 161 Å². The topological polar surface area (TPSA) is 90.8 Å². The minimum Gasteiger partial charge on any atom is -0.451 e. The minimum absolute atomic E-state index is 0.0322. The number of nitrogens with zero attached hydrogens (tertiary/aromatic N) is 3. The maximum atomic E-state index is 12.8. The maximum absolute atomic E-state index is 12.8. The molecule has 0 bridgehead atoms. The molecule has 1 amide bonds. The van der Waals surface area contributed by atoms with Crippen LogP contribution in [0.1, 0.15) is 34.7 Å². The van der Waals surface area contributed by atoms with Crippen molar-refractivity contribution >= 4 is 16.9 Å². The highest BCUT2D eigenvalue weighted by molar-refractivity contribution is 5.90. The van der Waals surface area contributed by atoms with E-state index in [1.165, 1.54) is 0 Å². The fourth-order valence-electron chi connectivity index (χ4n) is 3.91. The molecule has 0 atom stereocenters. The lowest BCUT2D eigenvalue weighted by molar-refractivity contribution is -0.181. The Hall–Kier alpha value is -2.71. The molecule has 1 spiro atoms. The lowest BCUT2D eigenvalue weighted by atomic mass is 10.0. The van der Waals surface area contributed by atoms with Gasteiger partial charge in [0.05, 0.1) is 13.2 Å². The van der Waals surface area contributed by atoms with Crippen molar-refractivity contribution < 1.29 is 23.1 Å². The molecule has 0 unspecified atom stereocenters. The zero-order chi connectivity index (χ0) is 19.3. The molecule has 2 aromatic heterocycles. The number of ether oxygens (including phenoxy) is 2. The number of piperidine rings is 1. The molecule has 2 aliphatic rings. The molecule has 146 valence electrons. The van der Waals surface area contributed by atoms with Crippen molar-refractivity contribution in [2.24, 2.45) is 0 Å². The average molecular weight is 383 g/mol. The summed E-state index contributed by atoms with van der Waals surface area (Å²) in [5.74, 6) is -0.130. The Balaban J connectivity index is 1.36. The van der Waals surface area contributed by atoms with Gasteiger partial charge in [-0.1, -0.05) is 11.6 Å². The van der Waals surface area contributed by atoms with Crippen LogP contribution in [0.25, 0.3) is 22.6 Å². The van der Waals surface area contributed by atoms with E-state index < -0.39 is 5.79 Å². The van der Waals surface area contributed by atoms with E-state index in [4.69, 9.17) is 18.3 Å². The second-order valence-corrected chi connectivity index (χ2v) is 7.37. The molecule has 0 aliphatic carbocycles. The number of furan rings is 1. The molecule has 0 saturated carbocycles. The monoisotopic (exact) mass is 383 g/mol. The second-order valence-electron chi connectivity index (χ2n) is 7.37. The predicted octanol–water partition coefficient (Wildman–Crippen LogP) is 3.08. The zero-order valence-corrected chi connectivity index (χ0v) is 15.9. The SMILES string of the molecule is Cc1ccc2oc(-c3nnc(C(=O)N4CCC5(CC4)OCCO5)o3)c(C)c2c1. The van der Waals surface area contributed by atoms with Crippen LogP contribution >= 0.6 is 0 Å². The fourth-order valence-corrected chi connectivity index (χ4v) is 3.91. The summed E-state index contributed by atoms with van der Waals surface area (Å²) in [6.45, 7) is 6.24. The molecule has 0 N–H and O–H groups in total. The highest BCUT2D eigenvalue weighted by Crippen LogP contribution is 2.34. The van der Waals surface area contributed by atoms with Gasteiger partial charge < -0.3 is 23.2 Å². The third kappa shape index (κ3) is 2.80. The van der Waals surface area contributed by atoms with E-state index in [1.807, 2.05) is 26.0 Å². The van der Waals surface area contributed by atoms with Crippen molar-refractivity contribution in [3.8, 4) is 11.7 Å². The molecule has 2 saturated heterocycles. The molecule has 3 aromatic rings. The molecule has 2 aliphatic heterocycles. The number of aryl methyl sites for hydroxylation is 2. The number of rotatable bonds is 2. The fraction of sp³-hybridized carbons (Fsp3) is 0.450. The summed E-state index contributed by atoms with van der Waals surface area (Å²) in [5, 5.41) is 9.00. The lowest BCUT2D eigenvalue weighted by Crippen LogP contribution is -2.47. The van der Waals surface area contributed by atoms with Crippen LogP contribution in [0.15, 0.2) is 27.0 Å². The van der Waals surface area contributed by atoms with Crippen molar-refractivity contribution in [1.82, 2.24) is 15.1 Å².